The molecule has 0 spiro atoms. The summed E-state index contributed by atoms with van der Waals surface area (Å²) in [5.41, 5.74) is 21.8. The van der Waals surface area contributed by atoms with E-state index in [1.54, 1.807) is 0 Å². The molecular weight excluding hydrogens is 715 g/mol. The summed E-state index contributed by atoms with van der Waals surface area (Å²) in [6.45, 7) is 14.5. The van der Waals surface area contributed by atoms with Crippen LogP contribution in [0.25, 0.3) is 66.8 Å². The van der Waals surface area contributed by atoms with E-state index >= 15 is 0 Å². The number of rotatable bonds is 3. The lowest BCUT2D eigenvalue weighted by atomic mass is 9.77. The summed E-state index contributed by atoms with van der Waals surface area (Å²) < 4.78 is 5.13. The van der Waals surface area contributed by atoms with Crippen molar-refractivity contribution in [2.75, 3.05) is 0 Å². The molecule has 3 aromatic heterocycles. The van der Waals surface area contributed by atoms with Gasteiger partial charge in [-0.3, -0.25) is 4.98 Å². The average molecular weight is 768 g/mol. The Morgan fingerprint density at radius 1 is 0.559 bits per heavy atom. The van der Waals surface area contributed by atoms with Crippen LogP contribution in [-0.4, -0.2) is 4.98 Å². The molecule has 0 fully saturated rings. The Labute approximate surface area is 349 Å². The average Bonchev–Trinajstić information content (AvgIpc) is 3.24. The molecule has 5 heterocycles. The minimum absolute atomic E-state index is 0.0264. The fourth-order valence-corrected chi connectivity index (χ4v) is 9.98. The summed E-state index contributed by atoms with van der Waals surface area (Å²) in [6.07, 6.45) is 9.81. The van der Waals surface area contributed by atoms with Crippen LogP contribution in [0.15, 0.2) is 152 Å². The van der Waals surface area contributed by atoms with Gasteiger partial charge in [-0.15, -0.1) is 0 Å². The highest BCUT2D eigenvalue weighted by Gasteiger charge is 2.41. The van der Waals surface area contributed by atoms with Crippen molar-refractivity contribution in [2.24, 2.45) is 0 Å². The van der Waals surface area contributed by atoms with Gasteiger partial charge in [0, 0.05) is 58.5 Å². The summed E-state index contributed by atoms with van der Waals surface area (Å²) >= 11 is 0. The third-order valence-electron chi connectivity index (χ3n) is 13.1. The second-order valence-electron chi connectivity index (χ2n) is 18.2. The minimum atomic E-state index is 0.0264. The maximum absolute atomic E-state index is 5.10. The number of hydrogen-bond acceptors (Lipinski definition) is 1. The molecule has 0 bridgehead atoms. The Hall–Kier alpha value is -6.19. The molecule has 2 unspecified atom stereocenters. The van der Waals surface area contributed by atoms with E-state index in [-0.39, 0.29) is 5.41 Å². The van der Waals surface area contributed by atoms with Crippen LogP contribution in [0.4, 0.5) is 0 Å². The number of aromatic nitrogens is 3. The largest absolute Gasteiger partial charge is 0.256 e. The van der Waals surface area contributed by atoms with Gasteiger partial charge in [0.2, 0.25) is 11.4 Å². The normalized spacial score (nSPS) is 16.0. The molecule has 0 saturated heterocycles. The van der Waals surface area contributed by atoms with Crippen molar-refractivity contribution in [3.63, 3.8) is 0 Å². The zero-order valence-corrected chi connectivity index (χ0v) is 35.3. The van der Waals surface area contributed by atoms with Crippen molar-refractivity contribution in [1.82, 2.24) is 4.98 Å². The molecule has 5 aromatic carbocycles. The topological polar surface area (TPSA) is 20.6 Å². The van der Waals surface area contributed by atoms with Crippen LogP contribution in [0.2, 0.25) is 0 Å². The highest BCUT2D eigenvalue weighted by Crippen LogP contribution is 2.44. The highest BCUT2D eigenvalue weighted by atomic mass is 15.0. The Balaban J connectivity index is 1.10. The van der Waals surface area contributed by atoms with Gasteiger partial charge in [-0.2, -0.15) is 9.13 Å². The molecule has 10 rings (SSSR count). The number of fused-ring (bicyclic) bond motifs is 10. The molecule has 2 atom stereocenters. The van der Waals surface area contributed by atoms with Crippen molar-refractivity contribution in [3.05, 3.63) is 185 Å². The van der Waals surface area contributed by atoms with Crippen LogP contribution in [-0.2, 0) is 18.4 Å². The molecule has 3 nitrogen and oxygen atoms in total. The summed E-state index contributed by atoms with van der Waals surface area (Å²) in [5.74, 6) is 0.420. The summed E-state index contributed by atoms with van der Waals surface area (Å²) in [7, 11) is 0. The fourth-order valence-electron chi connectivity index (χ4n) is 9.98. The molecule has 59 heavy (non-hydrogen) atoms. The van der Waals surface area contributed by atoms with E-state index < -0.39 is 0 Å². The van der Waals surface area contributed by atoms with Gasteiger partial charge in [-0.05, 0) is 119 Å². The zero-order valence-electron chi connectivity index (χ0n) is 35.3. The van der Waals surface area contributed by atoms with Crippen molar-refractivity contribution < 1.29 is 9.13 Å². The molecule has 0 radical (unpaired) electrons. The number of aryl methyl sites for hydroxylation is 5. The molecule has 0 saturated carbocycles. The maximum atomic E-state index is 5.10. The van der Waals surface area contributed by atoms with Gasteiger partial charge in [0.05, 0.1) is 11.9 Å². The molecule has 3 heteroatoms. The van der Waals surface area contributed by atoms with E-state index in [1.165, 1.54) is 94.7 Å². The summed E-state index contributed by atoms with van der Waals surface area (Å²) in [4.78, 5) is 5.10. The summed E-state index contributed by atoms with van der Waals surface area (Å²) in [6, 6.07) is 51.0. The Morgan fingerprint density at radius 3 is 2.20 bits per heavy atom. The molecule has 0 amide bonds. The third-order valence-corrected chi connectivity index (χ3v) is 13.1. The van der Waals surface area contributed by atoms with Crippen LogP contribution < -0.4 is 9.13 Å². The van der Waals surface area contributed by atoms with Gasteiger partial charge in [0.15, 0.2) is 25.0 Å². The maximum Gasteiger partial charge on any atom is 0.213 e. The molecular formula is C56H53N3+2. The molecule has 2 aliphatic heterocycles. The lowest BCUT2D eigenvalue weighted by molar-refractivity contribution is -0.738. The Bertz CT molecular complexity index is 2910. The first kappa shape index (κ1) is 37.1. The quantitative estimate of drug-likeness (QED) is 0.164. The van der Waals surface area contributed by atoms with E-state index in [9.17, 15) is 0 Å². The Kier molecular flexibility index (Phi) is 9.16. The van der Waals surface area contributed by atoms with E-state index in [0.717, 1.165) is 31.3 Å². The highest BCUT2D eigenvalue weighted by molar-refractivity contribution is 6.03. The van der Waals surface area contributed by atoms with Crippen LogP contribution in [0, 0.1) is 20.8 Å². The minimum Gasteiger partial charge on any atom is -0.256 e. The predicted molar refractivity (Wildman–Crippen MR) is 243 cm³/mol. The molecule has 0 N–H and O–H groups in total. The van der Waals surface area contributed by atoms with E-state index in [1.807, 2.05) is 6.20 Å². The van der Waals surface area contributed by atoms with Crippen LogP contribution in [0.1, 0.15) is 79.0 Å². The molecule has 290 valence electrons. The first-order valence-electron chi connectivity index (χ1n) is 21.4. The monoisotopic (exact) mass is 767 g/mol. The number of pyridine rings is 3. The van der Waals surface area contributed by atoms with Gasteiger partial charge >= 0.3 is 0 Å². The van der Waals surface area contributed by atoms with Crippen LogP contribution in [0.3, 0.4) is 0 Å². The first-order valence-corrected chi connectivity index (χ1v) is 21.4. The number of benzene rings is 5. The first-order chi connectivity index (χ1) is 28.6. The zero-order chi connectivity index (χ0) is 40.4. The van der Waals surface area contributed by atoms with Crippen LogP contribution >= 0.6 is 0 Å². The van der Waals surface area contributed by atoms with E-state index in [4.69, 9.17) is 4.98 Å². The number of hydrogen-bond donors (Lipinski definition) is 0. The van der Waals surface area contributed by atoms with Gasteiger partial charge in [-0.1, -0.05) is 111 Å². The molecule has 0 aliphatic carbocycles. The second kappa shape index (κ2) is 14.6. The predicted octanol–water partition coefficient (Wildman–Crippen LogP) is 13.0. The lowest BCUT2D eigenvalue weighted by Crippen LogP contribution is -2.50. The number of nitrogens with zero attached hydrogens (tertiary/aromatic N) is 3. The smallest absolute Gasteiger partial charge is 0.213 e. The van der Waals surface area contributed by atoms with Crippen molar-refractivity contribution in [3.8, 4) is 55.9 Å². The van der Waals surface area contributed by atoms with Gasteiger partial charge in [0.1, 0.15) is 0 Å². The van der Waals surface area contributed by atoms with Crippen molar-refractivity contribution in [2.45, 2.75) is 84.7 Å². The molecule has 2 aliphatic rings. The van der Waals surface area contributed by atoms with Crippen molar-refractivity contribution >= 4 is 10.9 Å². The van der Waals surface area contributed by atoms with Gasteiger partial charge < -0.3 is 0 Å². The Morgan fingerprint density at radius 2 is 1.36 bits per heavy atom. The van der Waals surface area contributed by atoms with E-state index in [0.29, 0.717) is 12.0 Å². The van der Waals surface area contributed by atoms with Crippen LogP contribution in [0.5, 0.6) is 0 Å². The standard InChI is InChI=1S/C56H53N3/c1-36-13-15-39(16-14-36)42-30-38(3)31-43(33-42)45-21-22-46(55-50(45)12-9-26-57-55)41-18-17-40-19-20-49-47-10-7-8-11-48(47)54-32-37(2)23-29-59(54)52(49)25-28-58-27-24-44(56(4,5)6)35-53(58)51(40)34-41/h7-18,21-24,26-27,29-35,49,52H,19-20,25,28H2,1-6H3/q+2. The van der Waals surface area contributed by atoms with E-state index in [2.05, 4.69) is 197 Å². The fraction of sp³-hybridized carbons (Fsp3) is 0.232. The van der Waals surface area contributed by atoms with Crippen molar-refractivity contribution in [1.29, 1.82) is 0 Å². The lowest BCUT2D eigenvalue weighted by Gasteiger charge is -2.31. The van der Waals surface area contributed by atoms with Gasteiger partial charge in [0.25, 0.3) is 0 Å². The van der Waals surface area contributed by atoms with Gasteiger partial charge in [-0.25, -0.2) is 0 Å². The SMILES string of the molecule is Cc1ccc(-c2cc(C)cc(-c3ccc(-c4ccc5c(c4)-c4cc(C(C)(C)C)cc[n+]4CCC4C(CC5)c5ccccc5-c5cc(C)cc[n+]54)c4ncccc34)c2)cc1. The second-order valence-corrected chi connectivity index (χ2v) is 18.2. The third kappa shape index (κ3) is 6.77. The molecule has 8 aromatic rings. The summed E-state index contributed by atoms with van der Waals surface area (Å²) in [5, 5.41) is 1.17.